The second-order valence-electron chi connectivity index (χ2n) is 5.18. The lowest BCUT2D eigenvalue weighted by atomic mass is 10.2. The number of carbonyl (C=O) groups excluding carboxylic acids is 3. The highest BCUT2D eigenvalue weighted by atomic mass is 32.1. The molecule has 2 rings (SSSR count). The molecule has 0 unspecified atom stereocenters. The highest BCUT2D eigenvalue weighted by molar-refractivity contribution is 7.10. The maximum Gasteiger partial charge on any atom is 0.331 e. The van der Waals surface area contributed by atoms with Gasteiger partial charge in [0, 0.05) is 29.3 Å². The Morgan fingerprint density at radius 3 is 2.28 bits per heavy atom. The Balaban J connectivity index is 1.85. The largest absolute Gasteiger partial charge is 0.449 e. The third-order valence-electron chi connectivity index (χ3n) is 3.06. The number of hydrogen-bond acceptors (Lipinski definition) is 5. The zero-order valence-corrected chi connectivity index (χ0v) is 14.6. The predicted molar refractivity (Wildman–Crippen MR) is 98.3 cm³/mol. The molecule has 130 valence electrons. The number of ether oxygens (including phenoxy) is 1. The molecule has 1 atom stereocenters. The first kappa shape index (κ1) is 18.4. The molecule has 1 aromatic heterocycles. The Morgan fingerprint density at radius 2 is 1.72 bits per heavy atom. The molecular weight excluding hydrogens is 340 g/mol. The quantitative estimate of drug-likeness (QED) is 0.613. The molecule has 1 heterocycles. The van der Waals surface area contributed by atoms with Crippen molar-refractivity contribution in [2.24, 2.45) is 0 Å². The molecule has 2 N–H and O–H groups in total. The first-order chi connectivity index (χ1) is 11.9. The average Bonchev–Trinajstić information content (AvgIpc) is 3.07. The lowest BCUT2D eigenvalue weighted by Crippen LogP contribution is -2.29. The van der Waals surface area contributed by atoms with Gasteiger partial charge in [-0.1, -0.05) is 6.07 Å². The normalized spacial score (nSPS) is 11.8. The molecule has 0 radical (unpaired) electrons. The van der Waals surface area contributed by atoms with E-state index in [2.05, 4.69) is 10.6 Å². The van der Waals surface area contributed by atoms with Gasteiger partial charge in [-0.05, 0) is 48.7 Å². The number of benzene rings is 1. The third-order valence-corrected chi connectivity index (χ3v) is 3.90. The zero-order valence-electron chi connectivity index (χ0n) is 13.8. The van der Waals surface area contributed by atoms with E-state index >= 15 is 0 Å². The molecule has 0 saturated heterocycles. The zero-order chi connectivity index (χ0) is 18.2. The lowest BCUT2D eigenvalue weighted by molar-refractivity contribution is -0.148. The van der Waals surface area contributed by atoms with Gasteiger partial charge in [0.2, 0.25) is 5.91 Å². The van der Waals surface area contributed by atoms with E-state index in [1.807, 2.05) is 17.5 Å². The van der Waals surface area contributed by atoms with Crippen LogP contribution in [-0.4, -0.2) is 23.9 Å². The van der Waals surface area contributed by atoms with Gasteiger partial charge in [-0.15, -0.1) is 11.3 Å². The Labute approximate surface area is 149 Å². The maximum atomic E-state index is 12.1. The van der Waals surface area contributed by atoms with Crippen molar-refractivity contribution in [3.8, 4) is 0 Å². The van der Waals surface area contributed by atoms with Crippen LogP contribution in [-0.2, 0) is 19.1 Å². The molecule has 0 aliphatic rings. The molecule has 2 amide bonds. The van der Waals surface area contributed by atoms with Gasteiger partial charge in [-0.3, -0.25) is 9.59 Å². The van der Waals surface area contributed by atoms with Crippen LogP contribution >= 0.6 is 11.3 Å². The van der Waals surface area contributed by atoms with Crippen LogP contribution in [0.25, 0.3) is 6.08 Å². The minimum atomic E-state index is -0.935. The van der Waals surface area contributed by atoms with Crippen molar-refractivity contribution in [3.63, 3.8) is 0 Å². The second-order valence-corrected chi connectivity index (χ2v) is 6.15. The van der Waals surface area contributed by atoms with Crippen LogP contribution < -0.4 is 10.6 Å². The summed E-state index contributed by atoms with van der Waals surface area (Å²) in [6, 6.07) is 10.4. The van der Waals surface area contributed by atoms with E-state index in [1.54, 1.807) is 30.3 Å². The number of rotatable bonds is 6. The standard InChI is InChI=1S/C18H18N2O4S/c1-12(24-17(22)10-9-16-4-3-11-25-16)18(23)20-15-7-5-14(6-8-15)19-13(2)21/h3-12H,1-2H3,(H,19,21)(H,20,23)/b10-9+/t12-/m1/s1. The minimum absolute atomic E-state index is 0.173. The van der Waals surface area contributed by atoms with Gasteiger partial charge in [0.15, 0.2) is 6.10 Å². The van der Waals surface area contributed by atoms with Gasteiger partial charge in [0.1, 0.15) is 0 Å². The van der Waals surface area contributed by atoms with Crippen molar-refractivity contribution >= 4 is 46.6 Å². The van der Waals surface area contributed by atoms with Gasteiger partial charge in [0.25, 0.3) is 5.91 Å². The highest BCUT2D eigenvalue weighted by Crippen LogP contribution is 2.14. The first-order valence-corrected chi connectivity index (χ1v) is 8.43. The molecule has 0 fully saturated rings. The summed E-state index contributed by atoms with van der Waals surface area (Å²) in [5.41, 5.74) is 1.17. The molecule has 6 nitrogen and oxygen atoms in total. The summed E-state index contributed by atoms with van der Waals surface area (Å²) in [5, 5.41) is 7.18. The Hall–Kier alpha value is -2.93. The predicted octanol–water partition coefficient (Wildman–Crippen LogP) is 3.29. The lowest BCUT2D eigenvalue weighted by Gasteiger charge is -2.12. The second kappa shape index (κ2) is 8.79. The summed E-state index contributed by atoms with van der Waals surface area (Å²) in [6.07, 6.45) is 1.99. The smallest absolute Gasteiger partial charge is 0.331 e. The number of nitrogens with one attached hydrogen (secondary N) is 2. The summed E-state index contributed by atoms with van der Waals surface area (Å²) >= 11 is 1.50. The van der Waals surface area contributed by atoms with Crippen molar-refractivity contribution in [2.75, 3.05) is 10.6 Å². The number of esters is 1. The minimum Gasteiger partial charge on any atom is -0.449 e. The fourth-order valence-corrected chi connectivity index (χ4v) is 2.51. The van der Waals surface area contributed by atoms with Crippen LogP contribution in [0.3, 0.4) is 0 Å². The summed E-state index contributed by atoms with van der Waals surface area (Å²) in [6.45, 7) is 2.91. The summed E-state index contributed by atoms with van der Waals surface area (Å²) in [4.78, 5) is 35.7. The number of hydrogen-bond donors (Lipinski definition) is 2. The fourth-order valence-electron chi connectivity index (χ4n) is 1.89. The van der Waals surface area contributed by atoms with Crippen molar-refractivity contribution in [3.05, 3.63) is 52.7 Å². The van der Waals surface area contributed by atoms with E-state index in [0.29, 0.717) is 11.4 Å². The van der Waals surface area contributed by atoms with Crippen molar-refractivity contribution in [2.45, 2.75) is 20.0 Å². The van der Waals surface area contributed by atoms with Gasteiger partial charge in [-0.25, -0.2) is 4.79 Å². The van der Waals surface area contributed by atoms with E-state index in [1.165, 1.54) is 31.3 Å². The van der Waals surface area contributed by atoms with Gasteiger partial charge in [0.05, 0.1) is 0 Å². The monoisotopic (exact) mass is 358 g/mol. The molecule has 0 aliphatic heterocycles. The van der Waals surface area contributed by atoms with Crippen molar-refractivity contribution in [1.82, 2.24) is 0 Å². The Bertz CT molecular complexity index is 767. The molecular formula is C18H18N2O4S. The molecule has 7 heteroatoms. The molecule has 0 bridgehead atoms. The molecule has 0 aliphatic carbocycles. The third kappa shape index (κ3) is 6.23. The van der Waals surface area contributed by atoms with E-state index in [-0.39, 0.29) is 5.91 Å². The van der Waals surface area contributed by atoms with E-state index in [4.69, 9.17) is 4.74 Å². The summed E-state index contributed by atoms with van der Waals surface area (Å²) in [7, 11) is 0. The SMILES string of the molecule is CC(=O)Nc1ccc(NC(=O)[C@@H](C)OC(=O)/C=C/c2cccs2)cc1. The number of anilines is 2. The summed E-state index contributed by atoms with van der Waals surface area (Å²) < 4.78 is 5.07. The van der Waals surface area contributed by atoms with Crippen LogP contribution in [0.5, 0.6) is 0 Å². The fraction of sp³-hybridized carbons (Fsp3) is 0.167. The summed E-state index contributed by atoms with van der Waals surface area (Å²) in [5.74, 6) is -1.20. The average molecular weight is 358 g/mol. The molecule has 1 aromatic carbocycles. The van der Waals surface area contributed by atoms with Crippen LogP contribution in [0, 0.1) is 0 Å². The molecule has 2 aromatic rings. The molecule has 0 saturated carbocycles. The Kier molecular flexibility index (Phi) is 6.47. The number of carbonyl (C=O) groups is 3. The van der Waals surface area contributed by atoms with Crippen molar-refractivity contribution < 1.29 is 19.1 Å². The van der Waals surface area contributed by atoms with Crippen LogP contribution in [0.1, 0.15) is 18.7 Å². The van der Waals surface area contributed by atoms with Gasteiger partial charge >= 0.3 is 5.97 Å². The number of thiophene rings is 1. The van der Waals surface area contributed by atoms with Crippen LogP contribution in [0.15, 0.2) is 47.9 Å². The molecule has 25 heavy (non-hydrogen) atoms. The van der Waals surface area contributed by atoms with Crippen molar-refractivity contribution in [1.29, 1.82) is 0 Å². The van der Waals surface area contributed by atoms with Crippen LogP contribution in [0.2, 0.25) is 0 Å². The highest BCUT2D eigenvalue weighted by Gasteiger charge is 2.16. The maximum absolute atomic E-state index is 12.1. The van der Waals surface area contributed by atoms with Gasteiger partial charge in [-0.2, -0.15) is 0 Å². The Morgan fingerprint density at radius 1 is 1.08 bits per heavy atom. The van der Waals surface area contributed by atoms with E-state index in [0.717, 1.165) is 4.88 Å². The number of amides is 2. The van der Waals surface area contributed by atoms with Crippen LogP contribution in [0.4, 0.5) is 11.4 Å². The van der Waals surface area contributed by atoms with Gasteiger partial charge < -0.3 is 15.4 Å². The topological polar surface area (TPSA) is 84.5 Å². The van der Waals surface area contributed by atoms with E-state index in [9.17, 15) is 14.4 Å². The first-order valence-electron chi connectivity index (χ1n) is 7.55. The van der Waals surface area contributed by atoms with E-state index < -0.39 is 18.0 Å². The molecule has 0 spiro atoms.